The van der Waals surface area contributed by atoms with Crippen LogP contribution in [-0.2, 0) is 16.0 Å². The summed E-state index contributed by atoms with van der Waals surface area (Å²) in [5, 5.41) is 3.37. The number of hydrogen-bond donors (Lipinski definition) is 1. The molecular formula is C23H27N3O3S. The Kier molecular flexibility index (Phi) is 7.41. The fourth-order valence-corrected chi connectivity index (χ4v) is 4.03. The summed E-state index contributed by atoms with van der Waals surface area (Å²) in [6.07, 6.45) is 1.81. The first-order chi connectivity index (χ1) is 14.5. The number of rotatable bonds is 9. The molecule has 2 aromatic rings. The molecular weight excluding hydrogens is 398 g/mol. The van der Waals surface area contributed by atoms with Crippen molar-refractivity contribution in [3.63, 3.8) is 0 Å². The van der Waals surface area contributed by atoms with Crippen molar-refractivity contribution in [2.75, 3.05) is 25.5 Å². The molecule has 0 bridgehead atoms. The molecule has 158 valence electrons. The average molecular weight is 426 g/mol. The van der Waals surface area contributed by atoms with Gasteiger partial charge in [0, 0.05) is 18.8 Å². The summed E-state index contributed by atoms with van der Waals surface area (Å²) in [6, 6.07) is 16.7. The van der Waals surface area contributed by atoms with Crippen molar-refractivity contribution in [3.8, 4) is 5.75 Å². The number of aryl methyl sites for hydroxylation is 1. The zero-order valence-electron chi connectivity index (χ0n) is 17.3. The van der Waals surface area contributed by atoms with Gasteiger partial charge in [0.1, 0.15) is 11.8 Å². The van der Waals surface area contributed by atoms with E-state index in [1.807, 2.05) is 30.0 Å². The second-order valence-electron chi connectivity index (χ2n) is 7.14. The Hall–Kier alpha value is -2.93. The normalized spacial score (nSPS) is 16.1. The van der Waals surface area contributed by atoms with E-state index in [0.29, 0.717) is 29.6 Å². The SMILES string of the molecule is CCN1C(=O)[C@@H](CC(=O)Nc2ccc(OC)cc2)N(CCCc2ccccc2)C1=S. The second-order valence-corrected chi connectivity index (χ2v) is 7.51. The molecule has 1 heterocycles. The standard InChI is InChI=1S/C23H27N3O3S/c1-3-25-22(28)20(16-21(27)24-18-11-13-19(29-2)14-12-18)26(23(25)30)15-7-10-17-8-5-4-6-9-17/h4-6,8-9,11-14,20H,3,7,10,15-16H2,1-2H3,(H,24,27)/t20-/m1/s1. The van der Waals surface area contributed by atoms with Crippen LogP contribution in [0.15, 0.2) is 54.6 Å². The zero-order chi connectivity index (χ0) is 21.5. The molecule has 1 aliphatic rings. The maximum Gasteiger partial charge on any atom is 0.252 e. The number of benzene rings is 2. The van der Waals surface area contributed by atoms with Gasteiger partial charge in [-0.3, -0.25) is 14.5 Å². The molecule has 1 aliphatic heterocycles. The van der Waals surface area contributed by atoms with E-state index in [1.54, 1.807) is 36.3 Å². The zero-order valence-corrected chi connectivity index (χ0v) is 18.2. The van der Waals surface area contributed by atoms with Gasteiger partial charge in [0.15, 0.2) is 5.11 Å². The topological polar surface area (TPSA) is 61.9 Å². The summed E-state index contributed by atoms with van der Waals surface area (Å²) in [5.41, 5.74) is 1.91. The van der Waals surface area contributed by atoms with Crippen molar-refractivity contribution in [3.05, 3.63) is 60.2 Å². The Morgan fingerprint density at radius 2 is 1.83 bits per heavy atom. The molecule has 6 nitrogen and oxygen atoms in total. The molecule has 3 rings (SSSR count). The van der Waals surface area contributed by atoms with Crippen LogP contribution in [0, 0.1) is 0 Å². The molecule has 0 aromatic heterocycles. The number of nitrogens with one attached hydrogen (secondary N) is 1. The lowest BCUT2D eigenvalue weighted by molar-refractivity contribution is -0.130. The van der Waals surface area contributed by atoms with Crippen LogP contribution in [-0.4, -0.2) is 53.0 Å². The van der Waals surface area contributed by atoms with Crippen LogP contribution in [0.3, 0.4) is 0 Å². The first kappa shape index (κ1) is 21.8. The van der Waals surface area contributed by atoms with Gasteiger partial charge in [-0.2, -0.15) is 0 Å². The van der Waals surface area contributed by atoms with Gasteiger partial charge < -0.3 is 15.0 Å². The molecule has 1 fully saturated rings. The number of methoxy groups -OCH3 is 1. The number of amides is 2. The van der Waals surface area contributed by atoms with Gasteiger partial charge in [0.2, 0.25) is 5.91 Å². The molecule has 0 aliphatic carbocycles. The maximum absolute atomic E-state index is 12.9. The van der Waals surface area contributed by atoms with Crippen molar-refractivity contribution < 1.29 is 14.3 Å². The summed E-state index contributed by atoms with van der Waals surface area (Å²) >= 11 is 5.54. The fraction of sp³-hybridized carbons (Fsp3) is 0.348. The van der Waals surface area contributed by atoms with Gasteiger partial charge in [-0.05, 0) is 61.8 Å². The number of nitrogens with zero attached hydrogens (tertiary/aromatic N) is 2. The third kappa shape index (κ3) is 5.16. The highest BCUT2D eigenvalue weighted by Gasteiger charge is 2.42. The van der Waals surface area contributed by atoms with Crippen LogP contribution in [0.25, 0.3) is 0 Å². The summed E-state index contributed by atoms with van der Waals surface area (Å²) in [5.74, 6) is 0.395. The minimum absolute atomic E-state index is 0.0623. The van der Waals surface area contributed by atoms with E-state index >= 15 is 0 Å². The molecule has 30 heavy (non-hydrogen) atoms. The number of hydrogen-bond acceptors (Lipinski definition) is 4. The molecule has 2 amide bonds. The molecule has 0 unspecified atom stereocenters. The summed E-state index contributed by atoms with van der Waals surface area (Å²) in [4.78, 5) is 29.0. The van der Waals surface area contributed by atoms with Crippen molar-refractivity contribution in [1.29, 1.82) is 0 Å². The Labute approximate surface area is 182 Å². The van der Waals surface area contributed by atoms with Crippen LogP contribution >= 0.6 is 12.2 Å². The maximum atomic E-state index is 12.9. The molecule has 7 heteroatoms. The Morgan fingerprint density at radius 3 is 2.47 bits per heavy atom. The summed E-state index contributed by atoms with van der Waals surface area (Å²) < 4.78 is 5.13. The van der Waals surface area contributed by atoms with E-state index in [0.717, 1.165) is 12.8 Å². The smallest absolute Gasteiger partial charge is 0.252 e. The minimum Gasteiger partial charge on any atom is -0.497 e. The van der Waals surface area contributed by atoms with Crippen molar-refractivity contribution >= 4 is 34.8 Å². The predicted molar refractivity (Wildman–Crippen MR) is 121 cm³/mol. The highest BCUT2D eigenvalue weighted by Crippen LogP contribution is 2.22. The van der Waals surface area contributed by atoms with E-state index in [1.165, 1.54) is 5.56 Å². The van der Waals surface area contributed by atoms with Gasteiger partial charge >= 0.3 is 0 Å². The fourth-order valence-electron chi connectivity index (χ4n) is 3.60. The first-order valence-corrected chi connectivity index (χ1v) is 10.5. The molecule has 2 aromatic carbocycles. The molecule has 0 radical (unpaired) electrons. The molecule has 1 saturated heterocycles. The van der Waals surface area contributed by atoms with Crippen molar-refractivity contribution in [1.82, 2.24) is 9.80 Å². The lowest BCUT2D eigenvalue weighted by Gasteiger charge is -2.23. The van der Waals surface area contributed by atoms with E-state index in [4.69, 9.17) is 17.0 Å². The Bertz CT molecular complexity index is 886. The molecule has 1 atom stereocenters. The number of carbonyl (C=O) groups is 2. The highest BCUT2D eigenvalue weighted by molar-refractivity contribution is 7.80. The third-order valence-corrected chi connectivity index (χ3v) is 5.63. The summed E-state index contributed by atoms with van der Waals surface area (Å²) in [7, 11) is 1.59. The van der Waals surface area contributed by atoms with E-state index in [9.17, 15) is 9.59 Å². The molecule has 0 saturated carbocycles. The van der Waals surface area contributed by atoms with Crippen molar-refractivity contribution in [2.24, 2.45) is 0 Å². The number of carbonyl (C=O) groups excluding carboxylic acids is 2. The van der Waals surface area contributed by atoms with Gasteiger partial charge in [-0.1, -0.05) is 30.3 Å². The van der Waals surface area contributed by atoms with Crippen LogP contribution in [0.4, 0.5) is 5.69 Å². The number of anilines is 1. The van der Waals surface area contributed by atoms with E-state index < -0.39 is 6.04 Å². The van der Waals surface area contributed by atoms with E-state index in [2.05, 4.69) is 17.4 Å². The van der Waals surface area contributed by atoms with Gasteiger partial charge in [-0.15, -0.1) is 0 Å². The van der Waals surface area contributed by atoms with Gasteiger partial charge in [-0.25, -0.2) is 0 Å². The van der Waals surface area contributed by atoms with Gasteiger partial charge in [0.05, 0.1) is 13.5 Å². The quantitative estimate of drug-likeness (QED) is 0.624. The molecule has 0 spiro atoms. The lowest BCUT2D eigenvalue weighted by atomic mass is 10.1. The first-order valence-electron chi connectivity index (χ1n) is 10.1. The lowest BCUT2D eigenvalue weighted by Crippen LogP contribution is -2.38. The van der Waals surface area contributed by atoms with Crippen LogP contribution in [0.1, 0.15) is 25.3 Å². The predicted octanol–water partition coefficient (Wildman–Crippen LogP) is 3.47. The Morgan fingerprint density at radius 1 is 1.13 bits per heavy atom. The highest BCUT2D eigenvalue weighted by atomic mass is 32.1. The van der Waals surface area contributed by atoms with Crippen LogP contribution in [0.2, 0.25) is 0 Å². The monoisotopic (exact) mass is 425 g/mol. The van der Waals surface area contributed by atoms with Crippen molar-refractivity contribution in [2.45, 2.75) is 32.2 Å². The van der Waals surface area contributed by atoms with Crippen LogP contribution < -0.4 is 10.1 Å². The largest absolute Gasteiger partial charge is 0.497 e. The number of likely N-dealkylation sites (N-methyl/N-ethyl adjacent to an activating group) is 1. The average Bonchev–Trinajstić information content (AvgIpc) is 2.98. The summed E-state index contributed by atoms with van der Waals surface area (Å²) in [6.45, 7) is 3.03. The van der Waals surface area contributed by atoms with Crippen LogP contribution in [0.5, 0.6) is 5.75 Å². The number of ether oxygens (including phenoxy) is 1. The minimum atomic E-state index is -0.563. The number of thiocarbonyl (C=S) groups is 1. The Balaban J connectivity index is 1.63. The third-order valence-electron chi connectivity index (χ3n) is 5.18. The molecule has 1 N–H and O–H groups in total. The second kappa shape index (κ2) is 10.2. The van der Waals surface area contributed by atoms with Gasteiger partial charge in [0.25, 0.3) is 5.91 Å². The van der Waals surface area contributed by atoms with E-state index in [-0.39, 0.29) is 18.2 Å².